The van der Waals surface area contributed by atoms with Crippen LogP contribution in [0.3, 0.4) is 0 Å². The summed E-state index contributed by atoms with van der Waals surface area (Å²) in [5.41, 5.74) is 16.5. The lowest BCUT2D eigenvalue weighted by Gasteiger charge is -2.30. The van der Waals surface area contributed by atoms with Crippen molar-refractivity contribution in [1.29, 1.82) is 0 Å². The lowest BCUT2D eigenvalue weighted by atomic mass is 9.92. The van der Waals surface area contributed by atoms with Gasteiger partial charge in [-0.05, 0) is 63.1 Å². The number of fused-ring (bicyclic) bond motifs is 1. The quantitative estimate of drug-likeness (QED) is 0.358. The van der Waals surface area contributed by atoms with Gasteiger partial charge in [0.1, 0.15) is 0 Å². The molecule has 2 aliphatic heterocycles. The average molecular weight is 471 g/mol. The van der Waals surface area contributed by atoms with Crippen LogP contribution in [0.5, 0.6) is 0 Å². The fourth-order valence-electron chi connectivity index (χ4n) is 4.49. The number of benzene rings is 1. The van der Waals surface area contributed by atoms with Crippen molar-refractivity contribution in [1.82, 2.24) is 19.7 Å². The van der Waals surface area contributed by atoms with Gasteiger partial charge in [-0.3, -0.25) is 0 Å². The Balaban J connectivity index is 1.73. The third-order valence-electron chi connectivity index (χ3n) is 6.32. The van der Waals surface area contributed by atoms with Gasteiger partial charge in [0.2, 0.25) is 5.95 Å². The van der Waals surface area contributed by atoms with E-state index in [1.807, 2.05) is 18.2 Å². The van der Waals surface area contributed by atoms with Crippen LogP contribution in [0.25, 0.3) is 11.4 Å². The number of hydrogen-bond acceptors (Lipinski definition) is 7. The van der Waals surface area contributed by atoms with Gasteiger partial charge in [-0.15, -0.1) is 5.10 Å². The molecule has 178 valence electrons. The zero-order valence-electron chi connectivity index (χ0n) is 19.9. The van der Waals surface area contributed by atoms with Crippen LogP contribution in [-0.2, 0) is 6.54 Å². The highest BCUT2D eigenvalue weighted by molar-refractivity contribution is 6.33. The summed E-state index contributed by atoms with van der Waals surface area (Å²) in [7, 11) is 0. The minimum atomic E-state index is 0.196. The highest BCUT2D eigenvalue weighted by atomic mass is 35.5. The molecule has 0 amide bonds. The van der Waals surface area contributed by atoms with Crippen molar-refractivity contribution in [3.63, 3.8) is 0 Å². The molecular weight excluding hydrogens is 436 g/mol. The van der Waals surface area contributed by atoms with Gasteiger partial charge in [-0.2, -0.15) is 10.1 Å². The number of nitrogen functional groups attached to an aromatic ring is 1. The van der Waals surface area contributed by atoms with E-state index in [9.17, 15) is 0 Å². The molecule has 1 saturated carbocycles. The summed E-state index contributed by atoms with van der Waals surface area (Å²) in [6, 6.07) is 6.50. The summed E-state index contributed by atoms with van der Waals surface area (Å²) in [5.74, 6) is 1.80. The van der Waals surface area contributed by atoms with Gasteiger partial charge < -0.3 is 26.7 Å². The number of halogens is 1. The highest BCUT2D eigenvalue weighted by Gasteiger charge is 2.29. The molecule has 1 aromatic rings. The molecule has 0 spiro atoms. The third kappa shape index (κ3) is 5.01. The molecule has 0 atom stereocenters. The number of rotatable bonds is 7. The summed E-state index contributed by atoms with van der Waals surface area (Å²) in [5, 5.41) is 16.8. The van der Waals surface area contributed by atoms with Crippen molar-refractivity contribution < 1.29 is 0 Å². The Morgan fingerprint density at radius 3 is 2.48 bits per heavy atom. The molecule has 9 heteroatoms. The van der Waals surface area contributed by atoms with Crippen molar-refractivity contribution in [3.05, 3.63) is 34.5 Å². The van der Waals surface area contributed by atoms with E-state index in [0.717, 1.165) is 54.3 Å². The first-order valence-corrected chi connectivity index (χ1v) is 12.2. The lowest BCUT2D eigenvalue weighted by Crippen LogP contribution is -2.34. The molecule has 0 radical (unpaired) electrons. The highest BCUT2D eigenvalue weighted by Crippen LogP contribution is 2.38. The van der Waals surface area contributed by atoms with Gasteiger partial charge in [0.15, 0.2) is 11.5 Å². The molecule has 0 aromatic heterocycles. The second-order valence-electron chi connectivity index (χ2n) is 9.65. The van der Waals surface area contributed by atoms with Gasteiger partial charge in [-0.1, -0.05) is 31.5 Å². The summed E-state index contributed by atoms with van der Waals surface area (Å²) in [6.45, 7) is 9.19. The van der Waals surface area contributed by atoms with Crippen LogP contribution in [0.15, 0.2) is 18.2 Å². The van der Waals surface area contributed by atoms with E-state index in [2.05, 4.69) is 53.1 Å². The molecule has 0 unspecified atom stereocenters. The first kappa shape index (κ1) is 23.6. The second kappa shape index (κ2) is 9.73. The molecule has 33 heavy (non-hydrogen) atoms. The van der Waals surface area contributed by atoms with Crippen LogP contribution in [0, 0.1) is 0 Å². The van der Waals surface area contributed by atoms with E-state index in [-0.39, 0.29) is 12.0 Å². The number of nitrogens with zero attached hydrogens (tertiary/aromatic N) is 4. The van der Waals surface area contributed by atoms with Crippen LogP contribution in [0.1, 0.15) is 76.6 Å². The Morgan fingerprint density at radius 2 is 1.85 bits per heavy atom. The summed E-state index contributed by atoms with van der Waals surface area (Å²) >= 11 is 6.08. The van der Waals surface area contributed by atoms with Gasteiger partial charge in [0.25, 0.3) is 0 Å². The van der Waals surface area contributed by atoms with E-state index in [4.69, 9.17) is 28.1 Å². The zero-order chi connectivity index (χ0) is 23.7. The predicted molar refractivity (Wildman–Crippen MR) is 136 cm³/mol. The number of aromatic nitrogens is 4. The minimum Gasteiger partial charge on any atom is -0.398 e. The zero-order valence-corrected chi connectivity index (χ0v) is 20.7. The van der Waals surface area contributed by atoms with Gasteiger partial charge in [-0.25, -0.2) is 0 Å². The molecule has 1 fully saturated rings. The number of nitrogens with one attached hydrogen (secondary N) is 2. The lowest BCUT2D eigenvalue weighted by molar-refractivity contribution is 0.407. The molecule has 2 heterocycles. The van der Waals surface area contributed by atoms with Crippen molar-refractivity contribution in [2.45, 2.75) is 84.0 Å². The summed E-state index contributed by atoms with van der Waals surface area (Å²) < 4.78 is 2.24. The Hall–Kier alpha value is -2.58. The molecule has 1 aliphatic carbocycles. The molecular formula is C24H35ClN8. The van der Waals surface area contributed by atoms with Gasteiger partial charge >= 0.3 is 0 Å². The first-order valence-electron chi connectivity index (χ1n) is 11.8. The Bertz CT molecular complexity index is 1070. The SMILES string of the molecule is CC(C)c1nnc2c(NCc3ccc(Cl)c(N)c3)nc(NC3CCC(N)CC3)n(C(C)C)c1-2. The first-order chi connectivity index (χ1) is 15.7. The minimum absolute atomic E-state index is 0.196. The van der Waals surface area contributed by atoms with E-state index in [1.54, 1.807) is 0 Å². The molecule has 3 aliphatic rings. The van der Waals surface area contributed by atoms with Crippen LogP contribution in [0.2, 0.25) is 5.02 Å². The van der Waals surface area contributed by atoms with Crippen LogP contribution >= 0.6 is 11.6 Å². The fraction of sp³-hybridized carbons (Fsp3) is 0.542. The Labute approximate surface area is 200 Å². The van der Waals surface area contributed by atoms with Gasteiger partial charge in [0, 0.05) is 24.7 Å². The van der Waals surface area contributed by atoms with E-state index in [1.165, 1.54) is 0 Å². The Kier molecular flexibility index (Phi) is 6.95. The number of nitrogens with two attached hydrogens (primary N) is 2. The second-order valence-corrected chi connectivity index (χ2v) is 10.1. The predicted octanol–water partition coefficient (Wildman–Crippen LogP) is 5.01. The van der Waals surface area contributed by atoms with Crippen molar-refractivity contribution in [3.8, 4) is 11.4 Å². The van der Waals surface area contributed by atoms with Crippen molar-refractivity contribution in [2.75, 3.05) is 16.4 Å². The van der Waals surface area contributed by atoms with Crippen molar-refractivity contribution in [2.24, 2.45) is 5.73 Å². The van der Waals surface area contributed by atoms with E-state index in [0.29, 0.717) is 35.2 Å². The largest absolute Gasteiger partial charge is 0.398 e. The molecule has 1 aromatic carbocycles. The third-order valence-corrected chi connectivity index (χ3v) is 6.67. The number of anilines is 3. The summed E-state index contributed by atoms with van der Waals surface area (Å²) in [4.78, 5) is 5.01. The maximum absolute atomic E-state index is 6.13. The normalized spacial score (nSPS) is 18.9. The monoisotopic (exact) mass is 470 g/mol. The topological polar surface area (TPSA) is 120 Å². The van der Waals surface area contributed by atoms with E-state index < -0.39 is 0 Å². The molecule has 6 N–H and O–H groups in total. The maximum atomic E-state index is 6.13. The van der Waals surface area contributed by atoms with Crippen molar-refractivity contribution >= 4 is 29.1 Å². The van der Waals surface area contributed by atoms with Gasteiger partial charge in [0.05, 0.1) is 22.1 Å². The smallest absolute Gasteiger partial charge is 0.205 e. The number of hydrogen-bond donors (Lipinski definition) is 4. The fourth-order valence-corrected chi connectivity index (χ4v) is 4.60. The summed E-state index contributed by atoms with van der Waals surface area (Å²) in [6.07, 6.45) is 4.14. The maximum Gasteiger partial charge on any atom is 0.205 e. The molecule has 0 bridgehead atoms. The average Bonchev–Trinajstić information content (AvgIpc) is 3.21. The molecule has 0 saturated heterocycles. The molecule has 4 rings (SSSR count). The standard InChI is InChI=1S/C24H35ClN8/c1-13(2)20-22-21(32-31-20)23(28-12-15-5-10-18(25)19(27)11-15)30-24(33(22)14(3)4)29-17-8-6-16(26)7-9-17/h5,10-11,13-14,16-17,28H,6-9,12,26-27H2,1-4H3,(H,29,30). The van der Waals surface area contributed by atoms with Crippen LogP contribution < -0.4 is 22.1 Å². The van der Waals surface area contributed by atoms with Crippen LogP contribution in [-0.4, -0.2) is 31.8 Å². The Morgan fingerprint density at radius 1 is 1.12 bits per heavy atom. The molecule has 8 nitrogen and oxygen atoms in total. The van der Waals surface area contributed by atoms with E-state index >= 15 is 0 Å². The van der Waals surface area contributed by atoms with Crippen LogP contribution in [0.4, 0.5) is 17.5 Å².